The number of thioether (sulfide) groups is 1. The lowest BCUT2D eigenvalue weighted by Gasteiger charge is -1.98. The number of aromatic nitrogens is 1. The fourth-order valence-corrected chi connectivity index (χ4v) is 2.22. The maximum Gasteiger partial charge on any atom is 0.270 e. The zero-order valence-corrected chi connectivity index (χ0v) is 8.81. The molecule has 0 unspecified atom stereocenters. The van der Waals surface area contributed by atoms with Gasteiger partial charge >= 0.3 is 0 Å². The van der Waals surface area contributed by atoms with Gasteiger partial charge in [0, 0.05) is 12.1 Å². The van der Waals surface area contributed by atoms with Crippen molar-refractivity contribution < 1.29 is 13.0 Å². The Bertz CT molecular complexity index is 389. The summed E-state index contributed by atoms with van der Waals surface area (Å²) in [5.41, 5.74) is 0. The molecule has 0 bridgehead atoms. The first-order valence-corrected chi connectivity index (χ1v) is 6.50. The largest absolute Gasteiger partial charge is 0.270 e. The average molecular weight is 219 g/mol. The van der Waals surface area contributed by atoms with E-state index in [4.69, 9.17) is 5.14 Å². The van der Waals surface area contributed by atoms with E-state index in [-0.39, 0.29) is 5.88 Å². The average Bonchev–Trinajstić information content (AvgIpc) is 2.02. The molecule has 0 amide bonds. The van der Waals surface area contributed by atoms with Crippen molar-refractivity contribution in [1.29, 1.82) is 0 Å². The van der Waals surface area contributed by atoms with E-state index in [0.29, 0.717) is 0 Å². The molecule has 0 aliphatic carbocycles. The topological polar surface area (TPSA) is 64.0 Å². The molecule has 1 heterocycles. The highest BCUT2D eigenvalue weighted by Crippen LogP contribution is 2.07. The number of nitrogens with zero attached hydrogens (tertiary/aromatic N) is 1. The second kappa shape index (κ2) is 4.08. The minimum Gasteiger partial charge on any atom is -0.223 e. The van der Waals surface area contributed by atoms with Gasteiger partial charge in [0.05, 0.1) is 0 Å². The summed E-state index contributed by atoms with van der Waals surface area (Å²) in [6.45, 7) is 0. The van der Waals surface area contributed by atoms with E-state index in [0.717, 1.165) is 5.03 Å². The van der Waals surface area contributed by atoms with Gasteiger partial charge < -0.3 is 0 Å². The van der Waals surface area contributed by atoms with E-state index in [1.165, 1.54) is 11.8 Å². The summed E-state index contributed by atoms with van der Waals surface area (Å²) < 4.78 is 23.2. The van der Waals surface area contributed by atoms with Crippen LogP contribution in [0.2, 0.25) is 0 Å². The maximum absolute atomic E-state index is 10.8. The summed E-state index contributed by atoms with van der Waals surface area (Å²) in [6.07, 6.45) is 3.57. The number of pyridine rings is 1. The monoisotopic (exact) mass is 219 g/mol. The van der Waals surface area contributed by atoms with Gasteiger partial charge in [-0.2, -0.15) is 4.57 Å². The Morgan fingerprint density at radius 1 is 1.54 bits per heavy atom. The van der Waals surface area contributed by atoms with Crippen molar-refractivity contribution in [3.63, 3.8) is 0 Å². The highest BCUT2D eigenvalue weighted by atomic mass is 32.2. The molecule has 6 heteroatoms. The molecule has 0 saturated heterocycles. The zero-order valence-electron chi connectivity index (χ0n) is 7.17. The molecule has 0 aliphatic heterocycles. The molecule has 0 aliphatic rings. The molecular weight excluding hydrogens is 208 g/mol. The quantitative estimate of drug-likeness (QED) is 0.572. The van der Waals surface area contributed by atoms with Gasteiger partial charge in [0.2, 0.25) is 5.03 Å². The molecule has 72 valence electrons. The molecule has 0 spiro atoms. The van der Waals surface area contributed by atoms with E-state index < -0.39 is 10.0 Å². The molecular formula is C7H11N2O2S2+. The summed E-state index contributed by atoms with van der Waals surface area (Å²) >= 11 is 1.48. The van der Waals surface area contributed by atoms with E-state index in [2.05, 4.69) is 0 Å². The number of hydrogen-bond acceptors (Lipinski definition) is 3. The second-order valence-corrected chi connectivity index (χ2v) is 4.92. The van der Waals surface area contributed by atoms with Crippen molar-refractivity contribution in [2.45, 2.75) is 10.9 Å². The van der Waals surface area contributed by atoms with Gasteiger partial charge in [-0.1, -0.05) is 11.8 Å². The number of sulfonamides is 1. The number of nitrogens with two attached hydrogens (primary N) is 1. The van der Waals surface area contributed by atoms with Gasteiger partial charge in [0.25, 0.3) is 15.9 Å². The van der Waals surface area contributed by atoms with Crippen molar-refractivity contribution in [3.05, 3.63) is 24.4 Å². The Balaban J connectivity index is 3.01. The molecule has 0 saturated carbocycles. The second-order valence-electron chi connectivity index (χ2n) is 2.50. The van der Waals surface area contributed by atoms with Gasteiger partial charge in [-0.3, -0.25) is 0 Å². The summed E-state index contributed by atoms with van der Waals surface area (Å²) in [6, 6.07) is 5.46. The van der Waals surface area contributed by atoms with E-state index in [1.54, 1.807) is 16.8 Å². The van der Waals surface area contributed by atoms with Gasteiger partial charge in [-0.15, -0.1) is 0 Å². The summed E-state index contributed by atoms with van der Waals surface area (Å²) in [5, 5.41) is 5.80. The summed E-state index contributed by atoms with van der Waals surface area (Å²) in [7, 11) is -3.46. The maximum atomic E-state index is 10.8. The van der Waals surface area contributed by atoms with E-state index >= 15 is 0 Å². The highest BCUT2D eigenvalue weighted by molar-refractivity contribution is 7.98. The molecule has 2 N–H and O–H groups in total. The van der Waals surface area contributed by atoms with Crippen LogP contribution in [0, 0.1) is 0 Å². The lowest BCUT2D eigenvalue weighted by Crippen LogP contribution is -2.41. The van der Waals surface area contributed by atoms with Gasteiger partial charge in [-0.25, -0.2) is 13.6 Å². The van der Waals surface area contributed by atoms with E-state index in [9.17, 15) is 8.42 Å². The Morgan fingerprint density at radius 2 is 2.23 bits per heavy atom. The molecule has 1 rings (SSSR count). The summed E-state index contributed by atoms with van der Waals surface area (Å²) in [5.74, 6) is -0.177. The van der Waals surface area contributed by atoms with Crippen LogP contribution in [0.1, 0.15) is 0 Å². The molecule has 4 nitrogen and oxygen atoms in total. The molecule has 1 aromatic rings. The third-order valence-electron chi connectivity index (χ3n) is 1.43. The van der Waals surface area contributed by atoms with Crippen LogP contribution in [0.3, 0.4) is 0 Å². The third-order valence-corrected chi connectivity index (χ3v) is 2.85. The highest BCUT2D eigenvalue weighted by Gasteiger charge is 2.14. The Hall–Kier alpha value is -0.590. The molecule has 1 aromatic heterocycles. The van der Waals surface area contributed by atoms with Crippen LogP contribution in [-0.4, -0.2) is 14.7 Å². The molecule has 0 atom stereocenters. The molecule has 0 radical (unpaired) electrons. The van der Waals surface area contributed by atoms with Crippen LogP contribution < -0.4 is 9.71 Å². The third kappa shape index (κ3) is 3.33. The van der Waals surface area contributed by atoms with Crippen molar-refractivity contribution >= 4 is 21.8 Å². The van der Waals surface area contributed by atoms with Crippen LogP contribution in [0.5, 0.6) is 0 Å². The van der Waals surface area contributed by atoms with Crippen LogP contribution in [0.25, 0.3) is 0 Å². The van der Waals surface area contributed by atoms with Gasteiger partial charge in [0.15, 0.2) is 6.20 Å². The number of primary sulfonamides is 1. The number of rotatable bonds is 3. The van der Waals surface area contributed by atoms with Crippen molar-refractivity contribution in [2.75, 3.05) is 6.26 Å². The van der Waals surface area contributed by atoms with Gasteiger partial charge in [-0.05, 0) is 12.3 Å². The van der Waals surface area contributed by atoms with Crippen LogP contribution >= 0.6 is 11.8 Å². The Morgan fingerprint density at radius 3 is 2.77 bits per heavy atom. The van der Waals surface area contributed by atoms with E-state index in [1.807, 2.05) is 18.4 Å². The Labute approximate surface area is 81.8 Å². The lowest BCUT2D eigenvalue weighted by molar-refractivity contribution is -0.714. The number of hydrogen-bond donors (Lipinski definition) is 1. The standard InChI is InChI=1S/C7H11N2O2S2/c1-12-7-4-2-3-5-9(7)6-13(8,10)11/h2-5H,6H2,1H3,(H2,8,10,11)/q+1. The first kappa shape index (κ1) is 10.5. The predicted octanol–water partition coefficient (Wildman–Crippen LogP) is -0.0580. The lowest BCUT2D eigenvalue weighted by atomic mass is 10.5. The first-order chi connectivity index (χ1) is 6.03. The Kier molecular flexibility index (Phi) is 3.29. The fraction of sp³-hybridized carbons (Fsp3) is 0.286. The summed E-state index contributed by atoms with van der Waals surface area (Å²) in [4.78, 5) is 0. The predicted molar refractivity (Wildman–Crippen MR) is 51.5 cm³/mol. The molecule has 0 fully saturated rings. The molecule has 13 heavy (non-hydrogen) atoms. The normalized spacial score (nSPS) is 11.5. The van der Waals surface area contributed by atoms with Crippen LogP contribution in [0.4, 0.5) is 0 Å². The van der Waals surface area contributed by atoms with Crippen molar-refractivity contribution in [1.82, 2.24) is 0 Å². The zero-order chi connectivity index (χ0) is 9.90. The van der Waals surface area contributed by atoms with Crippen molar-refractivity contribution in [3.8, 4) is 0 Å². The smallest absolute Gasteiger partial charge is 0.223 e. The van der Waals surface area contributed by atoms with Crippen LogP contribution in [-0.2, 0) is 15.9 Å². The SMILES string of the molecule is CSc1cccc[n+]1CS(N)(=O)=O. The minimum atomic E-state index is -3.46. The van der Waals surface area contributed by atoms with Crippen molar-refractivity contribution in [2.24, 2.45) is 5.14 Å². The molecule has 0 aromatic carbocycles. The first-order valence-electron chi connectivity index (χ1n) is 3.56. The van der Waals surface area contributed by atoms with Crippen LogP contribution in [0.15, 0.2) is 29.4 Å². The minimum absolute atomic E-state index is 0.177. The van der Waals surface area contributed by atoms with Gasteiger partial charge in [0.1, 0.15) is 0 Å². The fourth-order valence-electron chi connectivity index (χ4n) is 0.946.